The summed E-state index contributed by atoms with van der Waals surface area (Å²) in [6, 6.07) is 6.99. The predicted octanol–water partition coefficient (Wildman–Crippen LogP) is 2.45. The SMILES string of the molecule is CCC(NC(=O)OC(C)(C)C)[C@@](O)(C(=O)O)c1ccc(-n2cccn2)cc1. The Bertz CT molecular complexity index is 781. The second-order valence-electron chi connectivity index (χ2n) is 7.18. The first kappa shape index (κ1) is 20.4. The largest absolute Gasteiger partial charge is 0.479 e. The van der Waals surface area contributed by atoms with Gasteiger partial charge in [-0.1, -0.05) is 19.1 Å². The maximum atomic E-state index is 12.1. The fraction of sp³-hybridized carbons (Fsp3) is 0.421. The van der Waals surface area contributed by atoms with Crippen LogP contribution in [0.2, 0.25) is 0 Å². The molecule has 1 amide bonds. The van der Waals surface area contributed by atoms with Gasteiger partial charge in [-0.2, -0.15) is 5.10 Å². The Morgan fingerprint density at radius 3 is 2.33 bits per heavy atom. The van der Waals surface area contributed by atoms with Crippen molar-refractivity contribution in [2.24, 2.45) is 0 Å². The average molecular weight is 375 g/mol. The Morgan fingerprint density at radius 2 is 1.89 bits per heavy atom. The number of benzene rings is 1. The molecule has 0 aliphatic rings. The predicted molar refractivity (Wildman–Crippen MR) is 98.5 cm³/mol. The standard InChI is InChI=1S/C19H25N3O5/c1-5-15(21-17(25)27-18(2,3)4)19(26,16(23)24)13-7-9-14(10-8-13)22-12-6-11-20-22/h6-12,15,26H,5H2,1-4H3,(H,21,25)(H,23,24)/t15?,19-/m1/s1. The number of hydrogen-bond acceptors (Lipinski definition) is 5. The van der Waals surface area contributed by atoms with Crippen LogP contribution in [0.5, 0.6) is 0 Å². The van der Waals surface area contributed by atoms with Gasteiger partial charge in [-0.25, -0.2) is 14.3 Å². The molecule has 0 radical (unpaired) electrons. The highest BCUT2D eigenvalue weighted by atomic mass is 16.6. The third-order valence-corrected chi connectivity index (χ3v) is 4.01. The van der Waals surface area contributed by atoms with Crippen LogP contribution in [0.3, 0.4) is 0 Å². The number of rotatable bonds is 6. The van der Waals surface area contributed by atoms with Crippen LogP contribution in [0, 0.1) is 0 Å². The van der Waals surface area contributed by atoms with E-state index in [9.17, 15) is 19.8 Å². The number of amides is 1. The van der Waals surface area contributed by atoms with Crippen LogP contribution in [0.25, 0.3) is 5.69 Å². The molecule has 0 aliphatic carbocycles. The van der Waals surface area contributed by atoms with Crippen molar-refractivity contribution >= 4 is 12.1 Å². The first-order valence-corrected chi connectivity index (χ1v) is 8.63. The van der Waals surface area contributed by atoms with Crippen molar-refractivity contribution in [1.82, 2.24) is 15.1 Å². The van der Waals surface area contributed by atoms with E-state index in [0.29, 0.717) is 5.69 Å². The summed E-state index contributed by atoms with van der Waals surface area (Å²) in [5, 5.41) is 27.3. The van der Waals surface area contributed by atoms with Crippen molar-refractivity contribution in [1.29, 1.82) is 0 Å². The molecule has 2 atom stereocenters. The van der Waals surface area contributed by atoms with Gasteiger partial charge in [-0.05, 0) is 51.0 Å². The molecule has 0 saturated carbocycles. The highest BCUT2D eigenvalue weighted by molar-refractivity contribution is 5.81. The first-order chi connectivity index (χ1) is 12.6. The van der Waals surface area contributed by atoms with Gasteiger partial charge in [-0.3, -0.25) is 0 Å². The topological polar surface area (TPSA) is 114 Å². The van der Waals surface area contributed by atoms with Gasteiger partial charge in [0.05, 0.1) is 11.7 Å². The van der Waals surface area contributed by atoms with Gasteiger partial charge in [0.15, 0.2) is 0 Å². The number of aromatic nitrogens is 2. The lowest BCUT2D eigenvalue weighted by atomic mass is 9.84. The number of ether oxygens (including phenoxy) is 1. The molecule has 0 fully saturated rings. The zero-order valence-electron chi connectivity index (χ0n) is 15.8. The van der Waals surface area contributed by atoms with E-state index in [1.807, 2.05) is 0 Å². The third-order valence-electron chi connectivity index (χ3n) is 4.01. The molecule has 2 aromatic rings. The number of aliphatic carboxylic acids is 1. The van der Waals surface area contributed by atoms with Crippen molar-refractivity contribution in [3.63, 3.8) is 0 Å². The minimum atomic E-state index is -2.31. The van der Waals surface area contributed by atoms with E-state index in [0.717, 1.165) is 0 Å². The molecule has 1 heterocycles. The van der Waals surface area contributed by atoms with Crippen LogP contribution in [0.1, 0.15) is 39.7 Å². The van der Waals surface area contributed by atoms with Crippen molar-refractivity contribution in [2.45, 2.75) is 51.4 Å². The van der Waals surface area contributed by atoms with E-state index >= 15 is 0 Å². The molecule has 0 saturated heterocycles. The summed E-state index contributed by atoms with van der Waals surface area (Å²) in [7, 11) is 0. The first-order valence-electron chi connectivity index (χ1n) is 8.63. The minimum Gasteiger partial charge on any atom is -0.479 e. The van der Waals surface area contributed by atoms with Crippen LogP contribution in [0.15, 0.2) is 42.7 Å². The Kier molecular flexibility index (Phi) is 5.90. The molecule has 1 aromatic carbocycles. The summed E-state index contributed by atoms with van der Waals surface area (Å²) in [6.07, 6.45) is 2.77. The van der Waals surface area contributed by atoms with E-state index in [4.69, 9.17) is 4.74 Å². The summed E-state index contributed by atoms with van der Waals surface area (Å²) in [4.78, 5) is 24.0. The number of carboxylic acids is 1. The number of hydrogen-bond donors (Lipinski definition) is 3. The molecule has 8 heteroatoms. The van der Waals surface area contributed by atoms with E-state index in [2.05, 4.69) is 10.4 Å². The fourth-order valence-corrected chi connectivity index (χ4v) is 2.72. The van der Waals surface area contributed by atoms with Crippen LogP contribution >= 0.6 is 0 Å². The van der Waals surface area contributed by atoms with Crippen LogP contribution in [-0.2, 0) is 15.1 Å². The molecule has 0 bridgehead atoms. The molecule has 8 nitrogen and oxygen atoms in total. The lowest BCUT2D eigenvalue weighted by molar-refractivity contribution is -0.163. The normalized spacial score (nSPS) is 14.9. The monoisotopic (exact) mass is 375 g/mol. The number of aliphatic hydroxyl groups is 1. The van der Waals surface area contributed by atoms with Gasteiger partial charge in [0.25, 0.3) is 0 Å². The van der Waals surface area contributed by atoms with E-state index in [1.54, 1.807) is 63.0 Å². The zero-order chi connectivity index (χ0) is 20.2. The number of nitrogens with one attached hydrogen (secondary N) is 1. The van der Waals surface area contributed by atoms with Crippen molar-refractivity contribution in [2.75, 3.05) is 0 Å². The maximum Gasteiger partial charge on any atom is 0.407 e. The van der Waals surface area contributed by atoms with Crippen LogP contribution < -0.4 is 5.32 Å². The highest BCUT2D eigenvalue weighted by Gasteiger charge is 2.46. The molecule has 0 spiro atoms. The molecule has 1 aromatic heterocycles. The number of carboxylic acid groups (broad SMARTS) is 1. The van der Waals surface area contributed by atoms with Crippen molar-refractivity contribution in [3.8, 4) is 5.69 Å². The van der Waals surface area contributed by atoms with Crippen molar-refractivity contribution < 1.29 is 24.5 Å². The smallest absolute Gasteiger partial charge is 0.407 e. The Hall–Kier alpha value is -2.87. The van der Waals surface area contributed by atoms with Gasteiger partial charge < -0.3 is 20.3 Å². The lowest BCUT2D eigenvalue weighted by Gasteiger charge is -2.33. The van der Waals surface area contributed by atoms with Crippen LogP contribution in [-0.4, -0.2) is 43.7 Å². The Morgan fingerprint density at radius 1 is 1.26 bits per heavy atom. The molecule has 3 N–H and O–H groups in total. The second kappa shape index (κ2) is 7.79. The Labute approximate surface area is 157 Å². The summed E-state index contributed by atoms with van der Waals surface area (Å²) in [6.45, 7) is 6.77. The summed E-state index contributed by atoms with van der Waals surface area (Å²) in [5.74, 6) is -1.46. The summed E-state index contributed by atoms with van der Waals surface area (Å²) < 4.78 is 6.79. The number of carbonyl (C=O) groups is 2. The van der Waals surface area contributed by atoms with Gasteiger partial charge in [0.2, 0.25) is 5.60 Å². The summed E-state index contributed by atoms with van der Waals surface area (Å²) >= 11 is 0. The van der Waals surface area contributed by atoms with E-state index < -0.39 is 29.3 Å². The lowest BCUT2D eigenvalue weighted by Crippen LogP contribution is -2.55. The van der Waals surface area contributed by atoms with E-state index in [1.165, 1.54) is 12.1 Å². The second-order valence-corrected chi connectivity index (χ2v) is 7.18. The van der Waals surface area contributed by atoms with Gasteiger partial charge >= 0.3 is 12.1 Å². The minimum absolute atomic E-state index is 0.147. The summed E-state index contributed by atoms with van der Waals surface area (Å²) in [5.41, 5.74) is -2.19. The molecule has 27 heavy (non-hydrogen) atoms. The molecule has 2 rings (SSSR count). The zero-order valence-corrected chi connectivity index (χ0v) is 15.8. The maximum absolute atomic E-state index is 12.1. The number of nitrogens with zero attached hydrogens (tertiary/aromatic N) is 2. The highest BCUT2D eigenvalue weighted by Crippen LogP contribution is 2.29. The fourth-order valence-electron chi connectivity index (χ4n) is 2.72. The Balaban J connectivity index is 2.31. The number of alkyl carbamates (subject to hydrolysis) is 1. The van der Waals surface area contributed by atoms with Gasteiger partial charge in [0, 0.05) is 12.4 Å². The van der Waals surface area contributed by atoms with Gasteiger partial charge in [-0.15, -0.1) is 0 Å². The molecule has 1 unspecified atom stereocenters. The number of carbonyl (C=O) groups excluding carboxylic acids is 1. The average Bonchev–Trinajstić information content (AvgIpc) is 3.12. The molecule has 146 valence electrons. The molecule has 0 aliphatic heterocycles. The molecular formula is C19H25N3O5. The molecular weight excluding hydrogens is 350 g/mol. The quantitative estimate of drug-likeness (QED) is 0.715. The van der Waals surface area contributed by atoms with Gasteiger partial charge in [0.1, 0.15) is 5.60 Å². The third kappa shape index (κ3) is 4.65. The van der Waals surface area contributed by atoms with Crippen LogP contribution in [0.4, 0.5) is 4.79 Å². The van der Waals surface area contributed by atoms with Crippen molar-refractivity contribution in [3.05, 3.63) is 48.3 Å². The van der Waals surface area contributed by atoms with E-state index in [-0.39, 0.29) is 12.0 Å².